The Kier molecular flexibility index (Phi) is 6.16. The van der Waals surface area contributed by atoms with Crippen LogP contribution in [0.2, 0.25) is 0 Å². The topological polar surface area (TPSA) is 41.6 Å². The van der Waals surface area contributed by atoms with Crippen LogP contribution >= 0.6 is 0 Å². The number of carbonyl (C=O) groups excluding carboxylic acids is 1. The average molecular weight is 352 g/mol. The van der Waals surface area contributed by atoms with E-state index in [2.05, 4.69) is 29.3 Å². The van der Waals surface area contributed by atoms with E-state index in [4.69, 9.17) is 4.74 Å². The molecular formula is C22H28N2O2. The predicted octanol–water partition coefficient (Wildman–Crippen LogP) is 4.50. The van der Waals surface area contributed by atoms with Crippen molar-refractivity contribution >= 4 is 17.3 Å². The first-order valence-electron chi connectivity index (χ1n) is 9.50. The van der Waals surface area contributed by atoms with Crippen LogP contribution in [0.4, 0.5) is 11.4 Å². The Hall–Kier alpha value is -2.49. The normalized spacial score (nSPS) is 14.9. The fourth-order valence-electron chi connectivity index (χ4n) is 3.28. The van der Waals surface area contributed by atoms with Crippen LogP contribution in [0.25, 0.3) is 0 Å². The summed E-state index contributed by atoms with van der Waals surface area (Å²) >= 11 is 0. The van der Waals surface area contributed by atoms with Crippen molar-refractivity contribution in [1.29, 1.82) is 0 Å². The zero-order valence-corrected chi connectivity index (χ0v) is 15.7. The molecule has 0 aromatic heterocycles. The number of hydrogen-bond donors (Lipinski definition) is 1. The van der Waals surface area contributed by atoms with Crippen LogP contribution in [0.15, 0.2) is 48.5 Å². The zero-order chi connectivity index (χ0) is 18.4. The predicted molar refractivity (Wildman–Crippen MR) is 107 cm³/mol. The van der Waals surface area contributed by atoms with Gasteiger partial charge in [0.2, 0.25) is 5.91 Å². The summed E-state index contributed by atoms with van der Waals surface area (Å²) in [6.45, 7) is 7.15. The van der Waals surface area contributed by atoms with Crippen molar-refractivity contribution in [2.75, 3.05) is 29.9 Å². The number of amides is 1. The molecule has 2 aromatic rings. The first-order valence-corrected chi connectivity index (χ1v) is 9.50. The van der Waals surface area contributed by atoms with Gasteiger partial charge in [-0.2, -0.15) is 0 Å². The van der Waals surface area contributed by atoms with E-state index in [0.717, 1.165) is 36.0 Å². The summed E-state index contributed by atoms with van der Waals surface area (Å²) in [5.41, 5.74) is 3.06. The minimum Gasteiger partial charge on any atom is -0.494 e. The van der Waals surface area contributed by atoms with Gasteiger partial charge >= 0.3 is 0 Å². The van der Waals surface area contributed by atoms with Crippen molar-refractivity contribution in [3.63, 3.8) is 0 Å². The minimum absolute atomic E-state index is 0.00583. The quantitative estimate of drug-likeness (QED) is 0.832. The number of piperidine rings is 1. The monoisotopic (exact) mass is 352 g/mol. The minimum atomic E-state index is -0.00583. The molecule has 0 saturated carbocycles. The highest BCUT2D eigenvalue weighted by atomic mass is 16.5. The van der Waals surface area contributed by atoms with Crippen LogP contribution in [-0.2, 0) is 11.2 Å². The lowest BCUT2D eigenvalue weighted by Crippen LogP contribution is -2.32. The van der Waals surface area contributed by atoms with Gasteiger partial charge in [-0.1, -0.05) is 19.1 Å². The lowest BCUT2D eigenvalue weighted by Gasteiger charge is -2.32. The number of carbonyl (C=O) groups is 1. The third-order valence-corrected chi connectivity index (χ3v) is 4.90. The van der Waals surface area contributed by atoms with E-state index in [-0.39, 0.29) is 5.91 Å². The number of anilines is 2. The van der Waals surface area contributed by atoms with Gasteiger partial charge in [-0.3, -0.25) is 4.79 Å². The highest BCUT2D eigenvalue weighted by Gasteiger charge is 2.15. The zero-order valence-electron chi connectivity index (χ0n) is 15.7. The molecular weight excluding hydrogens is 324 g/mol. The number of nitrogens with one attached hydrogen (secondary N) is 1. The van der Waals surface area contributed by atoms with Crippen LogP contribution in [0, 0.1) is 5.92 Å². The summed E-state index contributed by atoms with van der Waals surface area (Å²) in [6, 6.07) is 15.9. The Morgan fingerprint density at radius 1 is 1.08 bits per heavy atom. The van der Waals surface area contributed by atoms with Crippen LogP contribution < -0.4 is 15.0 Å². The molecule has 26 heavy (non-hydrogen) atoms. The molecule has 1 fully saturated rings. The molecule has 1 saturated heterocycles. The van der Waals surface area contributed by atoms with Crippen LogP contribution in [0.5, 0.6) is 5.75 Å². The second-order valence-electron chi connectivity index (χ2n) is 7.02. The van der Waals surface area contributed by atoms with Crippen molar-refractivity contribution in [2.24, 2.45) is 5.92 Å². The fourth-order valence-corrected chi connectivity index (χ4v) is 3.28. The third kappa shape index (κ3) is 5.01. The van der Waals surface area contributed by atoms with Gasteiger partial charge in [0.05, 0.1) is 13.0 Å². The van der Waals surface area contributed by atoms with E-state index < -0.39 is 0 Å². The van der Waals surface area contributed by atoms with Gasteiger partial charge < -0.3 is 15.0 Å². The molecule has 1 aliphatic rings. The van der Waals surface area contributed by atoms with Crippen molar-refractivity contribution in [2.45, 2.75) is 33.1 Å². The summed E-state index contributed by atoms with van der Waals surface area (Å²) in [5, 5.41) is 2.98. The molecule has 0 unspecified atom stereocenters. The van der Waals surface area contributed by atoms with E-state index in [0.29, 0.717) is 13.0 Å². The number of hydrogen-bond acceptors (Lipinski definition) is 3. The van der Waals surface area contributed by atoms with E-state index in [1.54, 1.807) is 0 Å². The molecule has 0 atom stereocenters. The molecule has 0 aliphatic carbocycles. The summed E-state index contributed by atoms with van der Waals surface area (Å²) < 4.78 is 5.42. The number of benzene rings is 2. The Morgan fingerprint density at radius 3 is 2.35 bits per heavy atom. The van der Waals surface area contributed by atoms with Crippen LogP contribution in [-0.4, -0.2) is 25.6 Å². The molecule has 138 valence electrons. The third-order valence-electron chi connectivity index (χ3n) is 4.90. The maximum atomic E-state index is 12.3. The molecule has 4 heteroatoms. The maximum Gasteiger partial charge on any atom is 0.228 e. The van der Waals surface area contributed by atoms with Crippen molar-refractivity contribution in [3.05, 3.63) is 54.1 Å². The Balaban J connectivity index is 1.52. The van der Waals surface area contributed by atoms with E-state index in [1.165, 1.54) is 18.5 Å². The summed E-state index contributed by atoms with van der Waals surface area (Å²) in [6.07, 6.45) is 2.86. The molecule has 1 heterocycles. The smallest absolute Gasteiger partial charge is 0.228 e. The van der Waals surface area contributed by atoms with Crippen molar-refractivity contribution < 1.29 is 9.53 Å². The molecule has 1 amide bonds. The summed E-state index contributed by atoms with van der Waals surface area (Å²) in [4.78, 5) is 14.7. The molecule has 1 aliphatic heterocycles. The molecule has 0 radical (unpaired) electrons. The molecule has 0 bridgehead atoms. The second-order valence-corrected chi connectivity index (χ2v) is 7.02. The van der Waals surface area contributed by atoms with Gasteiger partial charge in [0, 0.05) is 24.5 Å². The van der Waals surface area contributed by atoms with Gasteiger partial charge in [0.15, 0.2) is 0 Å². The van der Waals surface area contributed by atoms with Gasteiger partial charge in [0.25, 0.3) is 0 Å². The van der Waals surface area contributed by atoms with Crippen molar-refractivity contribution in [3.8, 4) is 5.75 Å². The maximum absolute atomic E-state index is 12.3. The lowest BCUT2D eigenvalue weighted by molar-refractivity contribution is -0.115. The van der Waals surface area contributed by atoms with Gasteiger partial charge in [-0.05, 0) is 67.6 Å². The lowest BCUT2D eigenvalue weighted by atomic mass is 9.99. The highest BCUT2D eigenvalue weighted by Crippen LogP contribution is 2.24. The Morgan fingerprint density at radius 2 is 1.73 bits per heavy atom. The fraction of sp³-hybridized carbons (Fsp3) is 0.409. The Labute approximate surface area is 156 Å². The molecule has 3 rings (SSSR count). The standard InChI is InChI=1S/C22H28N2O2/c1-3-26-21-10-4-18(5-11-21)16-22(25)23-19-6-8-20(9-7-19)24-14-12-17(2)13-15-24/h4-11,17H,3,12-16H2,1-2H3,(H,23,25). The van der Waals surface area contributed by atoms with Gasteiger partial charge in [-0.25, -0.2) is 0 Å². The average Bonchev–Trinajstić information content (AvgIpc) is 2.65. The summed E-state index contributed by atoms with van der Waals surface area (Å²) in [5.74, 6) is 1.65. The highest BCUT2D eigenvalue weighted by molar-refractivity contribution is 5.92. The van der Waals surface area contributed by atoms with Crippen LogP contribution in [0.3, 0.4) is 0 Å². The SMILES string of the molecule is CCOc1ccc(CC(=O)Nc2ccc(N3CCC(C)CC3)cc2)cc1. The molecule has 0 spiro atoms. The second kappa shape index (κ2) is 8.75. The Bertz CT molecular complexity index is 702. The first kappa shape index (κ1) is 18.3. The van der Waals surface area contributed by atoms with E-state index in [9.17, 15) is 4.79 Å². The number of nitrogens with zero attached hydrogens (tertiary/aromatic N) is 1. The van der Waals surface area contributed by atoms with Crippen molar-refractivity contribution in [1.82, 2.24) is 0 Å². The van der Waals surface area contributed by atoms with Gasteiger partial charge in [0.1, 0.15) is 5.75 Å². The summed E-state index contributed by atoms with van der Waals surface area (Å²) in [7, 11) is 0. The molecule has 1 N–H and O–H groups in total. The van der Waals surface area contributed by atoms with E-state index >= 15 is 0 Å². The molecule has 4 nitrogen and oxygen atoms in total. The van der Waals surface area contributed by atoms with E-state index in [1.807, 2.05) is 43.3 Å². The molecule has 2 aromatic carbocycles. The van der Waals surface area contributed by atoms with Crippen LogP contribution in [0.1, 0.15) is 32.3 Å². The number of ether oxygens (including phenoxy) is 1. The first-order chi connectivity index (χ1) is 12.6. The largest absolute Gasteiger partial charge is 0.494 e. The number of rotatable bonds is 6. The van der Waals surface area contributed by atoms with Gasteiger partial charge in [-0.15, -0.1) is 0 Å².